The van der Waals surface area contributed by atoms with Crippen LogP contribution in [0.1, 0.15) is 5.69 Å². The van der Waals surface area contributed by atoms with Crippen LogP contribution in [0.3, 0.4) is 0 Å². The van der Waals surface area contributed by atoms with E-state index < -0.39 is 0 Å². The average molecular weight is 287 g/mol. The van der Waals surface area contributed by atoms with E-state index >= 15 is 0 Å². The first kappa shape index (κ1) is 10.4. The quantitative estimate of drug-likeness (QED) is 0.734. The molecule has 3 heterocycles. The van der Waals surface area contributed by atoms with Crippen molar-refractivity contribution < 1.29 is 0 Å². The molecule has 0 aliphatic rings. The third kappa shape index (κ3) is 1.90. The second kappa shape index (κ2) is 3.91. The van der Waals surface area contributed by atoms with Gasteiger partial charge in [-0.15, -0.1) is 5.10 Å². The van der Waals surface area contributed by atoms with E-state index in [2.05, 4.69) is 20.3 Å². The lowest BCUT2D eigenvalue weighted by molar-refractivity contribution is 0.910. The number of nitrogens with one attached hydrogen (secondary N) is 1. The van der Waals surface area contributed by atoms with Crippen LogP contribution in [0.25, 0.3) is 4.96 Å². The topological polar surface area (TPSA) is 58.9 Å². The highest BCUT2D eigenvalue weighted by molar-refractivity contribution is 8.02. The van der Waals surface area contributed by atoms with E-state index in [4.69, 9.17) is 12.2 Å². The van der Waals surface area contributed by atoms with Gasteiger partial charge >= 0.3 is 0 Å². The SMILES string of the molecule is Cc1cn2nc(Sc3n[nH]c(=S)s3)sc2n1. The van der Waals surface area contributed by atoms with Crippen LogP contribution in [-0.4, -0.2) is 24.8 Å². The van der Waals surface area contributed by atoms with Gasteiger partial charge in [0.05, 0.1) is 11.9 Å². The van der Waals surface area contributed by atoms with Crippen molar-refractivity contribution in [1.29, 1.82) is 0 Å². The van der Waals surface area contributed by atoms with Gasteiger partial charge < -0.3 is 0 Å². The summed E-state index contributed by atoms with van der Waals surface area (Å²) in [5, 5.41) is 11.2. The zero-order valence-electron chi connectivity index (χ0n) is 8.00. The van der Waals surface area contributed by atoms with E-state index in [-0.39, 0.29) is 0 Å². The summed E-state index contributed by atoms with van der Waals surface area (Å²) in [5.74, 6) is 0. The van der Waals surface area contributed by atoms with E-state index in [0.29, 0.717) is 3.95 Å². The number of aromatic amines is 1. The molecule has 9 heteroatoms. The van der Waals surface area contributed by atoms with Crippen molar-refractivity contribution in [2.24, 2.45) is 0 Å². The number of aryl methyl sites for hydroxylation is 1. The number of hydrogen-bond acceptors (Lipinski definition) is 7. The van der Waals surface area contributed by atoms with Crippen LogP contribution in [0.5, 0.6) is 0 Å². The smallest absolute Gasteiger partial charge is 0.213 e. The van der Waals surface area contributed by atoms with Crippen LogP contribution in [0.2, 0.25) is 0 Å². The first-order valence-electron chi connectivity index (χ1n) is 4.27. The lowest BCUT2D eigenvalue weighted by Gasteiger charge is -1.86. The number of nitrogens with zero attached hydrogens (tertiary/aromatic N) is 4. The van der Waals surface area contributed by atoms with E-state index in [1.165, 1.54) is 23.1 Å². The molecule has 3 rings (SSSR count). The number of hydrogen-bond donors (Lipinski definition) is 1. The highest BCUT2D eigenvalue weighted by Gasteiger charge is 2.09. The van der Waals surface area contributed by atoms with Gasteiger partial charge in [-0.1, -0.05) is 22.7 Å². The number of aromatic nitrogens is 5. The van der Waals surface area contributed by atoms with Crippen molar-refractivity contribution in [2.75, 3.05) is 0 Å². The molecule has 1 N–H and O–H groups in total. The van der Waals surface area contributed by atoms with Crippen LogP contribution in [0, 0.1) is 10.9 Å². The van der Waals surface area contributed by atoms with Gasteiger partial charge in [-0.05, 0) is 30.9 Å². The molecule has 3 aromatic heterocycles. The molecular formula is C7H5N5S4. The Morgan fingerprint density at radius 2 is 2.31 bits per heavy atom. The van der Waals surface area contributed by atoms with E-state index in [1.54, 1.807) is 15.9 Å². The van der Waals surface area contributed by atoms with E-state index in [1.807, 2.05) is 13.1 Å². The van der Waals surface area contributed by atoms with Gasteiger partial charge in [0.1, 0.15) is 0 Å². The number of rotatable bonds is 2. The zero-order valence-corrected chi connectivity index (χ0v) is 11.3. The molecule has 0 radical (unpaired) electrons. The first-order chi connectivity index (χ1) is 7.70. The number of H-pyrrole nitrogens is 1. The van der Waals surface area contributed by atoms with Gasteiger partial charge in [0, 0.05) is 0 Å². The Bertz CT molecular complexity index is 657. The van der Waals surface area contributed by atoms with Crippen LogP contribution in [0.4, 0.5) is 0 Å². The summed E-state index contributed by atoms with van der Waals surface area (Å²) in [6.45, 7) is 1.95. The molecule has 5 nitrogen and oxygen atoms in total. The van der Waals surface area contributed by atoms with Crippen molar-refractivity contribution >= 4 is 51.6 Å². The first-order valence-corrected chi connectivity index (χ1v) is 7.13. The molecule has 0 spiro atoms. The highest BCUT2D eigenvalue weighted by atomic mass is 32.2. The molecule has 0 amide bonds. The summed E-state index contributed by atoms with van der Waals surface area (Å²) < 4.78 is 4.26. The van der Waals surface area contributed by atoms with Gasteiger partial charge in [0.15, 0.2) is 12.6 Å². The summed E-state index contributed by atoms with van der Waals surface area (Å²) in [6, 6.07) is 0. The van der Waals surface area contributed by atoms with Gasteiger partial charge in [0.25, 0.3) is 0 Å². The molecular weight excluding hydrogens is 282 g/mol. The molecule has 0 aromatic carbocycles. The fraction of sp³-hybridized carbons (Fsp3) is 0.143. The minimum atomic E-state index is 0.680. The Balaban J connectivity index is 1.94. The van der Waals surface area contributed by atoms with Crippen LogP contribution < -0.4 is 0 Å². The highest BCUT2D eigenvalue weighted by Crippen LogP contribution is 2.32. The molecule has 0 unspecified atom stereocenters. The maximum atomic E-state index is 4.97. The fourth-order valence-electron chi connectivity index (χ4n) is 1.17. The Hall–Kier alpha value is -0.770. The largest absolute Gasteiger partial charge is 0.257 e. The molecule has 0 aliphatic heterocycles. The lowest BCUT2D eigenvalue weighted by atomic mass is 10.6. The fourth-order valence-corrected chi connectivity index (χ4v) is 4.42. The maximum absolute atomic E-state index is 4.97. The van der Waals surface area contributed by atoms with Gasteiger partial charge in [-0.25, -0.2) is 9.50 Å². The minimum Gasteiger partial charge on any atom is -0.257 e. The molecule has 82 valence electrons. The Labute approximate surface area is 108 Å². The minimum absolute atomic E-state index is 0.680. The zero-order chi connectivity index (χ0) is 11.1. The lowest BCUT2D eigenvalue weighted by Crippen LogP contribution is -1.79. The van der Waals surface area contributed by atoms with E-state index in [9.17, 15) is 0 Å². The Morgan fingerprint density at radius 1 is 1.44 bits per heavy atom. The molecule has 0 saturated carbocycles. The summed E-state index contributed by atoms with van der Waals surface area (Å²) in [5.41, 5.74) is 0.978. The Kier molecular flexibility index (Phi) is 2.54. The molecule has 0 bridgehead atoms. The predicted octanol–water partition coefficient (Wildman–Crippen LogP) is 2.76. The molecule has 0 fully saturated rings. The predicted molar refractivity (Wildman–Crippen MR) is 67.0 cm³/mol. The van der Waals surface area contributed by atoms with Crippen LogP contribution in [0.15, 0.2) is 14.9 Å². The molecule has 3 aromatic rings. The standard InChI is InChI=1S/C7H5N5S4/c1-3-2-12-4(8-3)14-7(11-12)16-6-10-9-5(13)15-6/h2H,1H3,(H,9,13). The monoisotopic (exact) mass is 287 g/mol. The summed E-state index contributed by atoms with van der Waals surface area (Å²) in [7, 11) is 0. The van der Waals surface area contributed by atoms with Gasteiger partial charge in [-0.2, -0.15) is 5.10 Å². The van der Waals surface area contributed by atoms with Gasteiger partial charge in [-0.3, -0.25) is 5.10 Å². The third-order valence-corrected chi connectivity index (χ3v) is 4.86. The molecule has 0 saturated heterocycles. The second-order valence-corrected chi connectivity index (χ2v) is 7.07. The number of imidazole rings is 1. The van der Waals surface area contributed by atoms with Crippen molar-refractivity contribution in [1.82, 2.24) is 24.8 Å². The molecule has 16 heavy (non-hydrogen) atoms. The molecule has 0 atom stereocenters. The third-order valence-electron chi connectivity index (χ3n) is 1.74. The van der Waals surface area contributed by atoms with E-state index in [0.717, 1.165) is 19.3 Å². The summed E-state index contributed by atoms with van der Waals surface area (Å²) in [4.78, 5) is 5.24. The summed E-state index contributed by atoms with van der Waals surface area (Å²) in [6.07, 6.45) is 1.91. The van der Waals surface area contributed by atoms with Crippen molar-refractivity contribution in [3.8, 4) is 0 Å². The van der Waals surface area contributed by atoms with Gasteiger partial charge in [0.2, 0.25) is 4.96 Å². The maximum Gasteiger partial charge on any atom is 0.213 e. The average Bonchev–Trinajstić information content (AvgIpc) is 2.81. The normalized spacial score (nSPS) is 11.3. The number of fused-ring (bicyclic) bond motifs is 1. The summed E-state index contributed by atoms with van der Waals surface area (Å²) >= 11 is 9.46. The van der Waals surface area contributed by atoms with Crippen LogP contribution >= 0.6 is 46.7 Å². The van der Waals surface area contributed by atoms with Crippen molar-refractivity contribution in [3.05, 3.63) is 15.8 Å². The Morgan fingerprint density at radius 3 is 3.00 bits per heavy atom. The van der Waals surface area contributed by atoms with Crippen molar-refractivity contribution in [2.45, 2.75) is 15.6 Å². The van der Waals surface area contributed by atoms with Crippen LogP contribution in [-0.2, 0) is 0 Å². The molecule has 0 aliphatic carbocycles. The van der Waals surface area contributed by atoms with Crippen molar-refractivity contribution in [3.63, 3.8) is 0 Å². The second-order valence-electron chi connectivity index (χ2n) is 2.96.